The number of hydrogen-bond donors (Lipinski definition) is 0. The number of Topliss-reactive ketones (excluding diaryl/α,β-unsaturated/α-hetero) is 1. The minimum Gasteiger partial charge on any atom is -0.496 e. The fraction of sp³-hybridized carbons (Fsp3) is 0.163. The SMILES string of the molecule is COc1c(C)cc(C2(c3cc(C)c(OC(=O)c4ccc5cc(C(C)=O)ccc5c4)c(C)c3)c3ccccc3-c3ccccc32)cc1C. The number of fused-ring (bicyclic) bond motifs is 4. The first-order chi connectivity index (χ1) is 22.6. The lowest BCUT2D eigenvalue weighted by molar-refractivity contribution is 0.0732. The highest BCUT2D eigenvalue weighted by Crippen LogP contribution is 2.57. The van der Waals surface area contributed by atoms with E-state index in [9.17, 15) is 9.59 Å². The van der Waals surface area contributed by atoms with Crippen molar-refractivity contribution in [3.8, 4) is 22.6 Å². The maximum absolute atomic E-state index is 13.5. The zero-order valence-corrected chi connectivity index (χ0v) is 27.5. The first kappa shape index (κ1) is 30.2. The van der Waals surface area contributed by atoms with Gasteiger partial charge in [-0.05, 0) is 119 Å². The highest BCUT2D eigenvalue weighted by molar-refractivity contribution is 6.01. The van der Waals surface area contributed by atoms with Crippen molar-refractivity contribution < 1.29 is 19.1 Å². The number of benzene rings is 6. The molecule has 0 N–H and O–H groups in total. The van der Waals surface area contributed by atoms with Crippen molar-refractivity contribution in [3.05, 3.63) is 165 Å². The Bertz CT molecular complexity index is 2170. The highest BCUT2D eigenvalue weighted by Gasteiger charge is 2.46. The Morgan fingerprint density at radius 2 is 1.00 bits per heavy atom. The number of esters is 1. The van der Waals surface area contributed by atoms with Crippen LogP contribution in [-0.4, -0.2) is 18.9 Å². The van der Waals surface area contributed by atoms with Gasteiger partial charge in [0.1, 0.15) is 11.5 Å². The van der Waals surface area contributed by atoms with Crippen molar-refractivity contribution in [2.45, 2.75) is 40.0 Å². The summed E-state index contributed by atoms with van der Waals surface area (Å²) in [6.45, 7) is 9.77. The highest BCUT2D eigenvalue weighted by atomic mass is 16.5. The summed E-state index contributed by atoms with van der Waals surface area (Å²) in [7, 11) is 1.72. The van der Waals surface area contributed by atoms with Crippen LogP contribution >= 0.6 is 0 Å². The number of rotatable bonds is 6. The normalized spacial score (nSPS) is 12.8. The molecular formula is C43H36O4. The van der Waals surface area contributed by atoms with Crippen LogP contribution in [-0.2, 0) is 5.41 Å². The molecule has 0 unspecified atom stereocenters. The molecule has 0 saturated heterocycles. The Morgan fingerprint density at radius 3 is 1.49 bits per heavy atom. The molecule has 0 atom stereocenters. The van der Waals surface area contributed by atoms with Gasteiger partial charge in [0.15, 0.2) is 5.78 Å². The lowest BCUT2D eigenvalue weighted by Gasteiger charge is -2.35. The van der Waals surface area contributed by atoms with Crippen LogP contribution in [0.25, 0.3) is 21.9 Å². The van der Waals surface area contributed by atoms with Gasteiger partial charge in [0.2, 0.25) is 0 Å². The lowest BCUT2D eigenvalue weighted by Crippen LogP contribution is -2.29. The van der Waals surface area contributed by atoms with E-state index in [2.05, 4.69) is 86.6 Å². The second-order valence-electron chi connectivity index (χ2n) is 12.6. The third-order valence-corrected chi connectivity index (χ3v) is 9.62. The third kappa shape index (κ3) is 4.75. The molecule has 0 bridgehead atoms. The van der Waals surface area contributed by atoms with Gasteiger partial charge < -0.3 is 9.47 Å². The van der Waals surface area contributed by atoms with E-state index in [0.29, 0.717) is 16.9 Å². The second kappa shape index (κ2) is 11.4. The Morgan fingerprint density at radius 1 is 0.553 bits per heavy atom. The summed E-state index contributed by atoms with van der Waals surface area (Å²) in [5, 5.41) is 1.77. The molecule has 0 radical (unpaired) electrons. The smallest absolute Gasteiger partial charge is 0.343 e. The van der Waals surface area contributed by atoms with E-state index in [1.165, 1.54) is 27.8 Å². The summed E-state index contributed by atoms with van der Waals surface area (Å²) in [6, 6.07) is 37.1. The van der Waals surface area contributed by atoms with Gasteiger partial charge in [-0.15, -0.1) is 0 Å². The average Bonchev–Trinajstić information content (AvgIpc) is 3.37. The van der Waals surface area contributed by atoms with Crippen LogP contribution in [0.3, 0.4) is 0 Å². The van der Waals surface area contributed by atoms with Gasteiger partial charge in [-0.3, -0.25) is 4.79 Å². The number of ether oxygens (including phenoxy) is 2. The quantitative estimate of drug-likeness (QED) is 0.106. The Balaban J connectivity index is 1.36. The Hall–Kier alpha value is -5.48. The maximum atomic E-state index is 13.5. The molecule has 0 aromatic heterocycles. The molecule has 0 saturated carbocycles. The molecule has 6 aromatic carbocycles. The molecule has 7 rings (SSSR count). The molecule has 4 nitrogen and oxygen atoms in total. The van der Waals surface area contributed by atoms with Crippen molar-refractivity contribution in [3.63, 3.8) is 0 Å². The molecule has 0 aliphatic heterocycles. The summed E-state index contributed by atoms with van der Waals surface area (Å²) in [4.78, 5) is 25.4. The van der Waals surface area contributed by atoms with Gasteiger partial charge in [0.25, 0.3) is 0 Å². The summed E-state index contributed by atoms with van der Waals surface area (Å²) < 4.78 is 11.9. The minimum atomic E-state index is -0.593. The van der Waals surface area contributed by atoms with Crippen LogP contribution in [0.1, 0.15) is 72.1 Å². The number of carbonyl (C=O) groups is 2. The standard InChI is InChI=1S/C43H36O4/c1-25-19-34(20-26(2)40(25)46-6)43(38-13-9-7-11-36(38)37-12-8-10-14-39(37)43)35-21-27(3)41(28(4)22-35)47-42(45)33-18-17-31-23-30(29(5)44)15-16-32(31)24-33/h7-24H,1-6H3. The van der Waals surface area contributed by atoms with E-state index in [1.54, 1.807) is 26.2 Å². The molecule has 47 heavy (non-hydrogen) atoms. The topological polar surface area (TPSA) is 52.6 Å². The van der Waals surface area contributed by atoms with Crippen molar-refractivity contribution in [1.29, 1.82) is 0 Å². The molecule has 232 valence electrons. The van der Waals surface area contributed by atoms with Crippen molar-refractivity contribution >= 4 is 22.5 Å². The van der Waals surface area contributed by atoms with Crippen molar-refractivity contribution in [2.24, 2.45) is 0 Å². The first-order valence-corrected chi connectivity index (χ1v) is 15.9. The van der Waals surface area contributed by atoms with Crippen LogP contribution in [0.15, 0.2) is 109 Å². The average molecular weight is 617 g/mol. The molecule has 0 heterocycles. The number of ketones is 1. The zero-order chi connectivity index (χ0) is 33.0. The largest absolute Gasteiger partial charge is 0.496 e. The van der Waals surface area contributed by atoms with Crippen LogP contribution in [0.2, 0.25) is 0 Å². The van der Waals surface area contributed by atoms with Crippen LogP contribution < -0.4 is 9.47 Å². The van der Waals surface area contributed by atoms with Crippen molar-refractivity contribution in [2.75, 3.05) is 7.11 Å². The van der Waals surface area contributed by atoms with Gasteiger partial charge in [0, 0.05) is 5.56 Å². The fourth-order valence-electron chi connectivity index (χ4n) is 7.58. The van der Waals surface area contributed by atoms with E-state index in [0.717, 1.165) is 44.3 Å². The van der Waals surface area contributed by atoms with Crippen LogP contribution in [0, 0.1) is 27.7 Å². The Labute approximate surface area is 275 Å². The van der Waals surface area contributed by atoms with Gasteiger partial charge in [-0.2, -0.15) is 0 Å². The predicted octanol–water partition coefficient (Wildman–Crippen LogP) is 9.87. The lowest BCUT2D eigenvalue weighted by atomic mass is 9.66. The van der Waals surface area contributed by atoms with Gasteiger partial charge in [-0.25, -0.2) is 4.79 Å². The molecule has 4 heteroatoms. The predicted molar refractivity (Wildman–Crippen MR) is 188 cm³/mol. The summed E-state index contributed by atoms with van der Waals surface area (Å²) >= 11 is 0. The Kier molecular flexibility index (Phi) is 7.32. The summed E-state index contributed by atoms with van der Waals surface area (Å²) in [6.07, 6.45) is 0. The van der Waals surface area contributed by atoms with Crippen LogP contribution in [0.4, 0.5) is 0 Å². The van der Waals surface area contributed by atoms with Gasteiger partial charge >= 0.3 is 5.97 Å². The van der Waals surface area contributed by atoms with E-state index < -0.39 is 11.4 Å². The number of aryl methyl sites for hydroxylation is 4. The summed E-state index contributed by atoms with van der Waals surface area (Å²) in [5.41, 5.74) is 11.6. The number of methoxy groups -OCH3 is 1. The molecule has 0 spiro atoms. The fourth-order valence-corrected chi connectivity index (χ4v) is 7.58. The second-order valence-corrected chi connectivity index (χ2v) is 12.6. The maximum Gasteiger partial charge on any atom is 0.343 e. The monoisotopic (exact) mass is 616 g/mol. The molecule has 1 aliphatic carbocycles. The van der Waals surface area contributed by atoms with E-state index >= 15 is 0 Å². The van der Waals surface area contributed by atoms with Gasteiger partial charge in [-0.1, -0.05) is 91.0 Å². The van der Waals surface area contributed by atoms with Gasteiger partial charge in [0.05, 0.1) is 18.1 Å². The first-order valence-electron chi connectivity index (χ1n) is 15.9. The molecular weight excluding hydrogens is 580 g/mol. The van der Waals surface area contributed by atoms with Crippen LogP contribution in [0.5, 0.6) is 11.5 Å². The molecule has 6 aromatic rings. The van der Waals surface area contributed by atoms with E-state index in [-0.39, 0.29) is 5.78 Å². The minimum absolute atomic E-state index is 0.00778. The van der Waals surface area contributed by atoms with E-state index in [4.69, 9.17) is 9.47 Å². The third-order valence-electron chi connectivity index (χ3n) is 9.62. The van der Waals surface area contributed by atoms with Crippen molar-refractivity contribution in [1.82, 2.24) is 0 Å². The number of carbonyl (C=O) groups excluding carboxylic acids is 2. The molecule has 0 fully saturated rings. The zero-order valence-electron chi connectivity index (χ0n) is 27.5. The number of hydrogen-bond acceptors (Lipinski definition) is 4. The van der Waals surface area contributed by atoms with E-state index in [1.807, 2.05) is 38.1 Å². The molecule has 0 amide bonds. The molecule has 1 aliphatic rings. The summed E-state index contributed by atoms with van der Waals surface area (Å²) in [5.74, 6) is 1.04.